The van der Waals surface area contributed by atoms with Crippen molar-refractivity contribution in [1.82, 2.24) is 24.5 Å². The average molecular weight is 569 g/mol. The van der Waals surface area contributed by atoms with Gasteiger partial charge >= 0.3 is 6.18 Å². The number of piperazine rings is 1. The Bertz CT molecular complexity index is 1450. The van der Waals surface area contributed by atoms with Crippen LogP contribution >= 0.6 is 11.6 Å². The molecule has 11 nitrogen and oxygen atoms in total. The molecule has 2 aliphatic rings. The van der Waals surface area contributed by atoms with Crippen LogP contribution in [0.3, 0.4) is 0 Å². The zero-order chi connectivity index (χ0) is 27.9. The number of hydrogen-bond acceptors (Lipinski definition) is 8. The average Bonchev–Trinajstić information content (AvgIpc) is 3.31. The van der Waals surface area contributed by atoms with E-state index in [2.05, 4.69) is 20.7 Å². The number of nitrogens with one attached hydrogen (secondary N) is 2. The first-order valence-corrected chi connectivity index (χ1v) is 12.9. The van der Waals surface area contributed by atoms with E-state index in [-0.39, 0.29) is 34.7 Å². The van der Waals surface area contributed by atoms with Crippen molar-refractivity contribution in [2.24, 2.45) is 0 Å². The van der Waals surface area contributed by atoms with Crippen LogP contribution in [0.2, 0.25) is 5.02 Å². The van der Waals surface area contributed by atoms with E-state index >= 15 is 0 Å². The summed E-state index contributed by atoms with van der Waals surface area (Å²) >= 11 is 6.05. The van der Waals surface area contributed by atoms with Gasteiger partial charge in [0.2, 0.25) is 17.6 Å². The van der Waals surface area contributed by atoms with Crippen LogP contribution in [0.15, 0.2) is 23.0 Å². The lowest BCUT2D eigenvalue weighted by Crippen LogP contribution is -2.52. The van der Waals surface area contributed by atoms with Crippen molar-refractivity contribution in [1.29, 1.82) is 0 Å². The molecule has 2 N–H and O–H groups in total. The Morgan fingerprint density at radius 1 is 1.23 bits per heavy atom. The minimum absolute atomic E-state index is 0.0392. The lowest BCUT2D eigenvalue weighted by molar-refractivity contribution is -0.137. The molecule has 0 aliphatic carbocycles. The van der Waals surface area contributed by atoms with Crippen LogP contribution in [0.5, 0.6) is 0 Å². The molecule has 0 spiro atoms. The number of benzene rings is 1. The fourth-order valence-corrected chi connectivity index (χ4v) is 5.05. The Balaban J connectivity index is 1.53. The number of ether oxygens (including phenoxy) is 1. The van der Waals surface area contributed by atoms with E-state index < -0.39 is 17.6 Å². The number of rotatable bonds is 7. The van der Waals surface area contributed by atoms with E-state index in [1.807, 2.05) is 16.7 Å². The molecule has 2 aliphatic heterocycles. The van der Waals surface area contributed by atoms with E-state index in [1.54, 1.807) is 11.7 Å². The molecular weight excluding hydrogens is 541 g/mol. The summed E-state index contributed by atoms with van der Waals surface area (Å²) in [5, 5.41) is 10.1. The summed E-state index contributed by atoms with van der Waals surface area (Å²) in [4.78, 5) is 35.3. The second-order valence-corrected chi connectivity index (χ2v) is 9.81. The summed E-state index contributed by atoms with van der Waals surface area (Å²) in [5.74, 6) is -0.00348. The maximum Gasteiger partial charge on any atom is 0.416 e. The summed E-state index contributed by atoms with van der Waals surface area (Å²) < 4.78 is 47.3. The van der Waals surface area contributed by atoms with Gasteiger partial charge in [-0.25, -0.2) is 0 Å². The third-order valence-corrected chi connectivity index (χ3v) is 7.23. The normalized spacial score (nSPS) is 16.6. The van der Waals surface area contributed by atoms with Crippen LogP contribution < -0.4 is 26.0 Å². The summed E-state index contributed by atoms with van der Waals surface area (Å²) in [6, 6.07) is 2.73. The number of hydrogen-bond donors (Lipinski definition) is 2. The van der Waals surface area contributed by atoms with Gasteiger partial charge in [0.15, 0.2) is 0 Å². The van der Waals surface area contributed by atoms with Crippen LogP contribution in [-0.4, -0.2) is 77.6 Å². The van der Waals surface area contributed by atoms with Gasteiger partial charge in [-0.2, -0.15) is 22.7 Å². The first-order valence-electron chi connectivity index (χ1n) is 12.5. The van der Waals surface area contributed by atoms with Gasteiger partial charge in [0, 0.05) is 46.4 Å². The monoisotopic (exact) mass is 568 g/mol. The number of halogens is 4. The van der Waals surface area contributed by atoms with E-state index in [1.165, 1.54) is 4.52 Å². The number of anilines is 3. The number of methoxy groups -OCH3 is 1. The van der Waals surface area contributed by atoms with Crippen LogP contribution in [0.25, 0.3) is 5.78 Å². The van der Waals surface area contributed by atoms with Crippen molar-refractivity contribution in [2.75, 3.05) is 61.5 Å². The molecule has 2 aromatic heterocycles. The van der Waals surface area contributed by atoms with Gasteiger partial charge in [-0.05, 0) is 24.6 Å². The molecule has 2 saturated heterocycles. The molecule has 4 heterocycles. The van der Waals surface area contributed by atoms with Crippen LogP contribution in [0, 0.1) is 0 Å². The highest BCUT2D eigenvalue weighted by atomic mass is 35.5. The molecule has 1 amide bonds. The number of amides is 1. The topological polar surface area (TPSA) is 109 Å². The summed E-state index contributed by atoms with van der Waals surface area (Å²) in [7, 11) is 1.62. The Morgan fingerprint density at radius 3 is 2.56 bits per heavy atom. The summed E-state index contributed by atoms with van der Waals surface area (Å²) in [6.45, 7) is 5.36. The van der Waals surface area contributed by atoms with Gasteiger partial charge in [0.1, 0.15) is 12.2 Å². The van der Waals surface area contributed by atoms with E-state index in [0.717, 1.165) is 18.2 Å². The Morgan fingerprint density at radius 2 is 1.95 bits per heavy atom. The highest BCUT2D eigenvalue weighted by Gasteiger charge is 2.33. The molecule has 0 radical (unpaired) electrons. The van der Waals surface area contributed by atoms with Crippen molar-refractivity contribution in [3.05, 3.63) is 44.8 Å². The lowest BCUT2D eigenvalue weighted by atomic mass is 10.2. The van der Waals surface area contributed by atoms with E-state index in [9.17, 15) is 22.8 Å². The Labute approximate surface area is 226 Å². The van der Waals surface area contributed by atoms with Crippen LogP contribution in [0.1, 0.15) is 18.2 Å². The Hall–Kier alpha value is -3.36. The molecule has 0 bridgehead atoms. The first-order chi connectivity index (χ1) is 18.6. The Kier molecular flexibility index (Phi) is 7.44. The molecule has 1 aromatic carbocycles. The number of fused-ring (bicyclic) bond motifs is 1. The molecule has 3 aromatic rings. The third-order valence-electron chi connectivity index (χ3n) is 6.92. The molecule has 0 unspecified atom stereocenters. The van der Waals surface area contributed by atoms with Crippen molar-refractivity contribution in [3.63, 3.8) is 0 Å². The van der Waals surface area contributed by atoms with Gasteiger partial charge in [0.25, 0.3) is 5.56 Å². The van der Waals surface area contributed by atoms with Crippen molar-refractivity contribution >= 4 is 40.6 Å². The highest BCUT2D eigenvalue weighted by molar-refractivity contribution is 6.33. The first kappa shape index (κ1) is 27.2. The van der Waals surface area contributed by atoms with Gasteiger partial charge < -0.3 is 29.7 Å². The van der Waals surface area contributed by atoms with Crippen molar-refractivity contribution in [3.8, 4) is 0 Å². The fourth-order valence-electron chi connectivity index (χ4n) is 4.82. The second-order valence-electron chi connectivity index (χ2n) is 9.40. The molecule has 0 saturated carbocycles. The van der Waals surface area contributed by atoms with Crippen LogP contribution in [0.4, 0.5) is 30.5 Å². The number of carbonyl (C=O) groups is 1. The molecular formula is C24H28ClF3N8O3. The van der Waals surface area contributed by atoms with Crippen molar-refractivity contribution in [2.45, 2.75) is 32.2 Å². The highest BCUT2D eigenvalue weighted by Crippen LogP contribution is 2.34. The maximum atomic E-state index is 13.7. The van der Waals surface area contributed by atoms with Crippen LogP contribution in [-0.2, 0) is 28.7 Å². The van der Waals surface area contributed by atoms with Gasteiger partial charge in [-0.15, -0.1) is 5.10 Å². The smallest absolute Gasteiger partial charge is 0.378 e. The van der Waals surface area contributed by atoms with Gasteiger partial charge in [0.05, 0.1) is 28.1 Å². The number of nitrogens with zero attached hydrogens (tertiary/aromatic N) is 6. The summed E-state index contributed by atoms with van der Waals surface area (Å²) in [6.07, 6.45) is -4.09. The standard InChI is InChI=1S/C24H28ClF3N8O3/c1-3-18-20(33-8-6-29-7-9-33)21(38)36-23(31-22(32-36)34-11-15(12-34)39-2)35(18)13-19(37)30-17-5-4-14(10-16(17)25)24(26,27)28/h4-5,10,15,29H,3,6-9,11-13H2,1-2H3,(H,30,37). The lowest BCUT2D eigenvalue weighted by Gasteiger charge is -2.37. The minimum Gasteiger partial charge on any atom is -0.378 e. The van der Waals surface area contributed by atoms with Gasteiger partial charge in [-0.1, -0.05) is 18.5 Å². The maximum absolute atomic E-state index is 13.7. The molecule has 15 heteroatoms. The number of carbonyl (C=O) groups excluding carboxylic acids is 1. The predicted octanol–water partition coefficient (Wildman–Crippen LogP) is 2.01. The zero-order valence-corrected chi connectivity index (χ0v) is 22.1. The SMILES string of the molecule is CCc1c(N2CCNCC2)c(=O)n2nc(N3CC(OC)C3)nc2n1CC(=O)Nc1ccc(C(F)(F)F)cc1Cl. The fraction of sp³-hybridized carbons (Fsp3) is 0.500. The summed E-state index contributed by atoms with van der Waals surface area (Å²) in [5.41, 5.74) is -0.143. The largest absolute Gasteiger partial charge is 0.416 e. The van der Waals surface area contributed by atoms with E-state index in [0.29, 0.717) is 63.0 Å². The number of alkyl halides is 3. The van der Waals surface area contributed by atoms with Crippen molar-refractivity contribution < 1.29 is 22.7 Å². The van der Waals surface area contributed by atoms with E-state index in [4.69, 9.17) is 16.3 Å². The minimum atomic E-state index is -4.56. The third kappa shape index (κ3) is 5.28. The quantitative estimate of drug-likeness (QED) is 0.446. The predicted molar refractivity (Wildman–Crippen MR) is 140 cm³/mol. The van der Waals surface area contributed by atoms with Gasteiger partial charge in [-0.3, -0.25) is 9.59 Å². The molecule has 39 heavy (non-hydrogen) atoms. The molecule has 210 valence electrons. The second kappa shape index (κ2) is 10.7. The molecule has 2 fully saturated rings. The zero-order valence-electron chi connectivity index (χ0n) is 21.4. The molecule has 0 atom stereocenters. The molecule has 5 rings (SSSR count). The number of aromatic nitrogens is 4.